The second-order valence-electron chi connectivity index (χ2n) is 5.87. The minimum Gasteiger partial charge on any atom is -0.490 e. The number of nitrogens with zero attached hydrogens (tertiary/aromatic N) is 2. The van der Waals surface area contributed by atoms with Gasteiger partial charge in [-0.25, -0.2) is 4.98 Å². The fourth-order valence-corrected chi connectivity index (χ4v) is 2.48. The summed E-state index contributed by atoms with van der Waals surface area (Å²) in [6.45, 7) is 6.00. The molecule has 0 radical (unpaired) electrons. The SMILES string of the molecule is C=CCOc1ccc(-c2nc(Nc3ccc(C)cc3)[nH]c(=O)c2C#N)cc1. The monoisotopic (exact) mass is 358 g/mol. The molecule has 0 aliphatic carbocycles. The molecule has 0 aliphatic rings. The van der Waals surface area contributed by atoms with E-state index in [9.17, 15) is 10.1 Å². The van der Waals surface area contributed by atoms with Gasteiger partial charge in [0.1, 0.15) is 24.0 Å². The summed E-state index contributed by atoms with van der Waals surface area (Å²) < 4.78 is 5.45. The van der Waals surface area contributed by atoms with Crippen LogP contribution in [0.1, 0.15) is 11.1 Å². The maximum Gasteiger partial charge on any atom is 0.270 e. The predicted molar refractivity (Wildman–Crippen MR) is 105 cm³/mol. The van der Waals surface area contributed by atoms with Gasteiger partial charge < -0.3 is 10.1 Å². The number of rotatable bonds is 6. The van der Waals surface area contributed by atoms with Crippen LogP contribution < -0.4 is 15.6 Å². The van der Waals surface area contributed by atoms with Gasteiger partial charge in [0.15, 0.2) is 0 Å². The Kier molecular flexibility index (Phi) is 5.33. The van der Waals surface area contributed by atoms with Crippen LogP contribution in [0.4, 0.5) is 11.6 Å². The summed E-state index contributed by atoms with van der Waals surface area (Å²) in [7, 11) is 0. The topological polar surface area (TPSA) is 90.8 Å². The molecule has 1 heterocycles. The molecule has 0 amide bonds. The van der Waals surface area contributed by atoms with Gasteiger partial charge in [0.05, 0.1) is 5.69 Å². The lowest BCUT2D eigenvalue weighted by molar-refractivity contribution is 0.363. The molecule has 6 nitrogen and oxygen atoms in total. The van der Waals surface area contributed by atoms with Gasteiger partial charge in [0.2, 0.25) is 5.95 Å². The van der Waals surface area contributed by atoms with Crippen molar-refractivity contribution in [1.29, 1.82) is 5.26 Å². The Hall–Kier alpha value is -3.85. The number of aromatic nitrogens is 2. The van der Waals surface area contributed by atoms with E-state index in [4.69, 9.17) is 4.74 Å². The standard InChI is InChI=1S/C21H18N4O2/c1-3-12-27-17-10-6-15(7-11-17)19-18(13-22)20(26)25-21(24-19)23-16-8-4-14(2)5-9-16/h3-11H,1,12H2,2H3,(H2,23,24,25,26). The lowest BCUT2D eigenvalue weighted by atomic mass is 10.1. The molecule has 0 saturated carbocycles. The number of nitriles is 1. The van der Waals surface area contributed by atoms with Crippen LogP contribution in [-0.4, -0.2) is 16.6 Å². The van der Waals surface area contributed by atoms with Crippen LogP contribution in [0.15, 0.2) is 66.0 Å². The van der Waals surface area contributed by atoms with Crippen LogP contribution in [0, 0.1) is 18.3 Å². The minimum absolute atomic E-state index is 0.0378. The molecule has 0 atom stereocenters. The molecule has 2 aromatic carbocycles. The summed E-state index contributed by atoms with van der Waals surface area (Å²) in [4.78, 5) is 19.4. The Morgan fingerprint density at radius 3 is 2.56 bits per heavy atom. The zero-order chi connectivity index (χ0) is 19.2. The van der Waals surface area contributed by atoms with Gasteiger partial charge in [-0.3, -0.25) is 9.78 Å². The molecule has 3 rings (SSSR count). The fourth-order valence-electron chi connectivity index (χ4n) is 2.48. The first-order valence-corrected chi connectivity index (χ1v) is 8.33. The molecule has 0 saturated heterocycles. The summed E-state index contributed by atoms with van der Waals surface area (Å²) in [5.74, 6) is 0.935. The van der Waals surface area contributed by atoms with Gasteiger partial charge in [0.25, 0.3) is 5.56 Å². The zero-order valence-corrected chi connectivity index (χ0v) is 14.8. The predicted octanol–water partition coefficient (Wildman–Crippen LogP) is 3.93. The Bertz CT molecular complexity index is 1050. The van der Waals surface area contributed by atoms with Crippen molar-refractivity contribution in [1.82, 2.24) is 9.97 Å². The number of aromatic amines is 1. The largest absolute Gasteiger partial charge is 0.490 e. The maximum atomic E-state index is 12.3. The molecule has 1 aromatic heterocycles. The molecule has 0 unspecified atom stereocenters. The van der Waals surface area contributed by atoms with Crippen molar-refractivity contribution >= 4 is 11.6 Å². The molecule has 27 heavy (non-hydrogen) atoms. The molecule has 134 valence electrons. The first kappa shape index (κ1) is 18.0. The van der Waals surface area contributed by atoms with E-state index in [0.29, 0.717) is 23.6 Å². The first-order chi connectivity index (χ1) is 13.1. The highest BCUT2D eigenvalue weighted by molar-refractivity contribution is 5.68. The van der Waals surface area contributed by atoms with E-state index in [1.54, 1.807) is 30.3 Å². The lowest BCUT2D eigenvalue weighted by Gasteiger charge is -2.10. The molecule has 2 N–H and O–H groups in total. The Morgan fingerprint density at radius 1 is 1.22 bits per heavy atom. The lowest BCUT2D eigenvalue weighted by Crippen LogP contribution is -2.16. The maximum absolute atomic E-state index is 12.3. The van der Waals surface area contributed by atoms with E-state index in [0.717, 1.165) is 11.3 Å². The van der Waals surface area contributed by atoms with Crippen molar-refractivity contribution in [2.45, 2.75) is 6.92 Å². The zero-order valence-electron chi connectivity index (χ0n) is 14.8. The minimum atomic E-state index is -0.496. The normalized spacial score (nSPS) is 10.1. The number of H-pyrrole nitrogens is 1. The van der Waals surface area contributed by atoms with Crippen molar-refractivity contribution in [2.24, 2.45) is 0 Å². The fraction of sp³-hybridized carbons (Fsp3) is 0.0952. The van der Waals surface area contributed by atoms with E-state index in [1.165, 1.54) is 0 Å². The van der Waals surface area contributed by atoms with Crippen molar-refractivity contribution in [2.75, 3.05) is 11.9 Å². The van der Waals surface area contributed by atoms with Crippen molar-refractivity contribution in [3.8, 4) is 23.1 Å². The van der Waals surface area contributed by atoms with Crippen LogP contribution in [0.25, 0.3) is 11.3 Å². The highest BCUT2D eigenvalue weighted by Gasteiger charge is 2.13. The summed E-state index contributed by atoms with van der Waals surface area (Å²) in [6.07, 6.45) is 1.66. The molecule has 0 spiro atoms. The first-order valence-electron chi connectivity index (χ1n) is 8.33. The van der Waals surface area contributed by atoms with Gasteiger partial charge in [0, 0.05) is 11.3 Å². The van der Waals surface area contributed by atoms with Gasteiger partial charge in [-0.2, -0.15) is 5.26 Å². The van der Waals surface area contributed by atoms with Crippen LogP contribution in [0.3, 0.4) is 0 Å². The number of benzene rings is 2. The molecule has 0 fully saturated rings. The number of aryl methyl sites for hydroxylation is 1. The van der Waals surface area contributed by atoms with Crippen LogP contribution in [0.2, 0.25) is 0 Å². The van der Waals surface area contributed by atoms with E-state index in [-0.39, 0.29) is 11.5 Å². The quantitative estimate of drug-likeness (QED) is 0.652. The average molecular weight is 358 g/mol. The Labute approximate surface area is 156 Å². The number of hydrogen-bond donors (Lipinski definition) is 2. The molecule has 0 bridgehead atoms. The average Bonchev–Trinajstić information content (AvgIpc) is 2.68. The summed E-state index contributed by atoms with van der Waals surface area (Å²) >= 11 is 0. The molecular weight excluding hydrogens is 340 g/mol. The number of hydrogen-bond acceptors (Lipinski definition) is 5. The van der Waals surface area contributed by atoms with E-state index >= 15 is 0 Å². The van der Waals surface area contributed by atoms with Gasteiger partial charge >= 0.3 is 0 Å². The summed E-state index contributed by atoms with van der Waals surface area (Å²) in [5, 5.41) is 12.4. The second-order valence-corrected chi connectivity index (χ2v) is 5.87. The Morgan fingerprint density at radius 2 is 1.93 bits per heavy atom. The van der Waals surface area contributed by atoms with E-state index < -0.39 is 5.56 Å². The third kappa shape index (κ3) is 4.22. The molecule has 3 aromatic rings. The highest BCUT2D eigenvalue weighted by atomic mass is 16.5. The van der Waals surface area contributed by atoms with Crippen LogP contribution >= 0.6 is 0 Å². The van der Waals surface area contributed by atoms with Crippen molar-refractivity contribution in [3.05, 3.63) is 82.7 Å². The van der Waals surface area contributed by atoms with Gasteiger partial charge in [-0.15, -0.1) is 0 Å². The van der Waals surface area contributed by atoms with E-state index in [2.05, 4.69) is 21.9 Å². The van der Waals surface area contributed by atoms with E-state index in [1.807, 2.05) is 37.3 Å². The van der Waals surface area contributed by atoms with Gasteiger partial charge in [-0.05, 0) is 43.3 Å². The molecular formula is C21H18N4O2. The van der Waals surface area contributed by atoms with Crippen LogP contribution in [0.5, 0.6) is 5.75 Å². The summed E-state index contributed by atoms with van der Waals surface area (Å²) in [5.41, 5.74) is 2.34. The van der Waals surface area contributed by atoms with Crippen LogP contribution in [-0.2, 0) is 0 Å². The number of anilines is 2. The highest BCUT2D eigenvalue weighted by Crippen LogP contribution is 2.24. The number of ether oxygens (including phenoxy) is 1. The third-order valence-electron chi connectivity index (χ3n) is 3.84. The molecule has 6 heteroatoms. The second kappa shape index (κ2) is 8.02. The van der Waals surface area contributed by atoms with Crippen molar-refractivity contribution < 1.29 is 4.74 Å². The number of nitrogens with one attached hydrogen (secondary N) is 2. The third-order valence-corrected chi connectivity index (χ3v) is 3.84. The van der Waals surface area contributed by atoms with Gasteiger partial charge in [-0.1, -0.05) is 30.4 Å². The van der Waals surface area contributed by atoms with Crippen molar-refractivity contribution in [3.63, 3.8) is 0 Å². The smallest absolute Gasteiger partial charge is 0.270 e. The molecule has 0 aliphatic heterocycles. The summed E-state index contributed by atoms with van der Waals surface area (Å²) in [6, 6.07) is 16.7. The Balaban J connectivity index is 1.97.